The molecule has 101 heavy (non-hydrogen) atoms. The molecular weight excluding hydrogens is 1290 g/mol. The van der Waals surface area contributed by atoms with Gasteiger partial charge in [-0.05, 0) is 167 Å². The third kappa shape index (κ3) is 13.5. The lowest BCUT2D eigenvalue weighted by Crippen LogP contribution is -2.10. The fraction of sp³-hybridized carbons (Fsp3) is 0.0103. The zero-order valence-corrected chi connectivity index (χ0v) is 57.0. The van der Waals surface area contributed by atoms with Crippen LogP contribution in [0.5, 0.6) is 0 Å². The lowest BCUT2D eigenvalue weighted by Gasteiger charge is -2.27. The summed E-state index contributed by atoms with van der Waals surface area (Å²) in [5.74, 6) is 0. The first-order valence-corrected chi connectivity index (χ1v) is 35.1. The Kier molecular flexibility index (Phi) is 18.3. The molecule has 3 nitrogen and oxygen atoms in total. The standard InChI is InChI=1S/C48H33NO.C37H28.C12H7BrO/c1-3-14-34(15-4-1)40-18-7-9-20-42(40)36-26-30-38(31-27-36)49(45-23-13-25-47-48(45)44-22-11-12-24-46(44)50-47)39-32-28-37(29-33-39)43-21-10-8-19-41(43)35-16-5-2-6-17-35;1-3-11-30(12-4-1)34-15-7-9-17-36(34)32-23-19-28(20-24-32)27-29-21-25-33(26-22-29)37-18-10-8-16-35(37)31-13-5-2-6-14-31;13-9-5-3-7-11-12(9)8-4-1-2-6-10(8)14-11/h1-33H;1-26H,27H2;1-7H. The number of fused-ring (bicyclic) bond motifs is 6. The number of halogens is 1. The SMILES string of the molecule is Brc1cccc2oc3ccccc3c12.c1ccc(-c2ccccc2-c2ccc(Cc3ccc(-c4ccccc4-c4ccccc4)cc3)cc2)cc1.c1ccc(-c2ccccc2-c2ccc(N(c3ccc(-c4ccccc4-c4ccccc4)cc3)c3cccc4oc5ccccc5c34)cc2)cc1. The maximum atomic E-state index is 6.35. The molecule has 0 radical (unpaired) electrons. The first kappa shape index (κ1) is 63.2. The van der Waals surface area contributed by atoms with Gasteiger partial charge in [-0.1, -0.05) is 356 Å². The molecule has 0 bridgehead atoms. The lowest BCUT2D eigenvalue weighted by molar-refractivity contribution is 0.668. The van der Waals surface area contributed by atoms with Gasteiger partial charge in [-0.3, -0.25) is 0 Å². The van der Waals surface area contributed by atoms with Crippen LogP contribution in [0.25, 0.3) is 133 Å². The van der Waals surface area contributed by atoms with Crippen molar-refractivity contribution >= 4 is 76.9 Å². The molecule has 16 aromatic carbocycles. The molecule has 0 spiro atoms. The van der Waals surface area contributed by atoms with Gasteiger partial charge in [0.2, 0.25) is 0 Å². The molecular formula is C97H68BrNO2. The van der Waals surface area contributed by atoms with Crippen LogP contribution in [0, 0.1) is 0 Å². The second-order valence-electron chi connectivity index (χ2n) is 25.1. The molecule has 2 heterocycles. The molecule has 0 atom stereocenters. The number of hydrogen-bond donors (Lipinski definition) is 0. The maximum Gasteiger partial charge on any atom is 0.137 e. The van der Waals surface area contributed by atoms with Crippen molar-refractivity contribution in [2.24, 2.45) is 0 Å². The quantitative estimate of drug-likeness (QED) is 0.115. The van der Waals surface area contributed by atoms with E-state index < -0.39 is 0 Å². The Balaban J connectivity index is 0.000000135. The highest BCUT2D eigenvalue weighted by Gasteiger charge is 2.21. The van der Waals surface area contributed by atoms with Crippen molar-refractivity contribution in [2.45, 2.75) is 6.42 Å². The van der Waals surface area contributed by atoms with Gasteiger partial charge >= 0.3 is 0 Å². The van der Waals surface area contributed by atoms with Crippen molar-refractivity contribution in [1.29, 1.82) is 0 Å². The number of nitrogens with zero attached hydrogens (tertiary/aromatic N) is 1. The zero-order valence-electron chi connectivity index (χ0n) is 55.5. The third-order valence-corrected chi connectivity index (χ3v) is 19.5. The van der Waals surface area contributed by atoms with E-state index in [1.807, 2.05) is 48.5 Å². The van der Waals surface area contributed by atoms with Crippen LogP contribution in [0.3, 0.4) is 0 Å². The summed E-state index contributed by atoms with van der Waals surface area (Å²) in [7, 11) is 0. The van der Waals surface area contributed by atoms with Crippen molar-refractivity contribution in [3.05, 3.63) is 416 Å². The average Bonchev–Trinajstić information content (AvgIpc) is 1.68. The Morgan fingerprint density at radius 1 is 0.208 bits per heavy atom. The van der Waals surface area contributed by atoms with Crippen LogP contribution in [-0.4, -0.2) is 0 Å². The van der Waals surface area contributed by atoms with E-state index in [0.29, 0.717) is 0 Å². The lowest BCUT2D eigenvalue weighted by atomic mass is 9.92. The normalized spacial score (nSPS) is 11.1. The van der Waals surface area contributed by atoms with Gasteiger partial charge in [-0.25, -0.2) is 0 Å². The molecule has 0 N–H and O–H groups in total. The van der Waals surface area contributed by atoms with Crippen LogP contribution in [0.4, 0.5) is 17.1 Å². The van der Waals surface area contributed by atoms with Crippen LogP contribution >= 0.6 is 15.9 Å². The van der Waals surface area contributed by atoms with E-state index in [9.17, 15) is 0 Å². The van der Waals surface area contributed by atoms with E-state index in [1.54, 1.807) is 0 Å². The fourth-order valence-electron chi connectivity index (χ4n) is 13.9. The van der Waals surface area contributed by atoms with Gasteiger partial charge in [-0.15, -0.1) is 0 Å². The minimum atomic E-state index is 0.871. The van der Waals surface area contributed by atoms with Crippen LogP contribution < -0.4 is 4.90 Å². The van der Waals surface area contributed by atoms with Gasteiger partial charge in [-0.2, -0.15) is 0 Å². The van der Waals surface area contributed by atoms with E-state index in [-0.39, 0.29) is 0 Å². The minimum Gasteiger partial charge on any atom is -0.456 e. The molecule has 4 heteroatoms. The summed E-state index contributed by atoms with van der Waals surface area (Å²) in [5, 5.41) is 4.52. The smallest absolute Gasteiger partial charge is 0.137 e. The molecule has 480 valence electrons. The number of furan rings is 2. The third-order valence-electron chi connectivity index (χ3n) is 18.8. The monoisotopic (exact) mass is 1360 g/mol. The zero-order chi connectivity index (χ0) is 67.7. The Morgan fingerprint density at radius 2 is 0.465 bits per heavy atom. The predicted molar refractivity (Wildman–Crippen MR) is 429 cm³/mol. The first-order valence-electron chi connectivity index (χ1n) is 34.3. The summed E-state index contributed by atoms with van der Waals surface area (Å²) in [4.78, 5) is 2.35. The molecule has 0 fully saturated rings. The Morgan fingerprint density at radius 3 is 0.812 bits per heavy atom. The van der Waals surface area contributed by atoms with E-state index in [4.69, 9.17) is 8.83 Å². The summed E-state index contributed by atoms with van der Waals surface area (Å²) >= 11 is 3.54. The largest absolute Gasteiger partial charge is 0.456 e. The topological polar surface area (TPSA) is 29.5 Å². The van der Waals surface area contributed by atoms with Gasteiger partial charge in [0, 0.05) is 32.0 Å². The summed E-state index contributed by atoms with van der Waals surface area (Å²) in [6.07, 6.45) is 0.918. The highest BCUT2D eigenvalue weighted by Crippen LogP contribution is 2.45. The Labute approximate surface area is 597 Å². The van der Waals surface area contributed by atoms with Gasteiger partial charge in [0.25, 0.3) is 0 Å². The summed E-state index contributed by atoms with van der Waals surface area (Å²) in [6, 6.07) is 142. The van der Waals surface area contributed by atoms with E-state index in [0.717, 1.165) is 71.8 Å². The van der Waals surface area contributed by atoms with Gasteiger partial charge in [0.1, 0.15) is 22.3 Å². The highest BCUT2D eigenvalue weighted by molar-refractivity contribution is 9.10. The number of anilines is 3. The molecule has 0 saturated carbocycles. The summed E-state index contributed by atoms with van der Waals surface area (Å²) in [5.41, 5.74) is 29.2. The number of hydrogen-bond acceptors (Lipinski definition) is 3. The maximum absolute atomic E-state index is 6.35. The molecule has 2 aromatic heterocycles. The van der Waals surface area contributed by atoms with Gasteiger partial charge in [0.15, 0.2) is 0 Å². The molecule has 18 rings (SSSR count). The molecule has 0 amide bonds. The first-order chi connectivity index (χ1) is 50.0. The van der Waals surface area contributed by atoms with Crippen molar-refractivity contribution < 1.29 is 8.83 Å². The number of benzene rings is 16. The van der Waals surface area contributed by atoms with Crippen molar-refractivity contribution in [3.8, 4) is 89.0 Å². The molecule has 0 aliphatic heterocycles. The average molecular weight is 1360 g/mol. The Hall–Kier alpha value is -12.6. The number of para-hydroxylation sites is 2. The molecule has 0 aliphatic carbocycles. The number of rotatable bonds is 13. The highest BCUT2D eigenvalue weighted by atomic mass is 79.9. The van der Waals surface area contributed by atoms with E-state index in [2.05, 4.69) is 373 Å². The Bertz CT molecular complexity index is 5580. The van der Waals surface area contributed by atoms with Crippen molar-refractivity contribution in [2.75, 3.05) is 4.90 Å². The van der Waals surface area contributed by atoms with Crippen LogP contribution in [0.1, 0.15) is 11.1 Å². The van der Waals surface area contributed by atoms with Gasteiger partial charge < -0.3 is 13.7 Å². The van der Waals surface area contributed by atoms with Crippen LogP contribution in [0.15, 0.2) is 414 Å². The van der Waals surface area contributed by atoms with E-state index in [1.165, 1.54) is 100 Å². The van der Waals surface area contributed by atoms with Crippen LogP contribution in [-0.2, 0) is 6.42 Å². The molecule has 0 unspecified atom stereocenters. The van der Waals surface area contributed by atoms with Crippen LogP contribution in [0.2, 0.25) is 0 Å². The van der Waals surface area contributed by atoms with Gasteiger partial charge in [0.05, 0.1) is 11.1 Å². The minimum absolute atomic E-state index is 0.871. The molecule has 18 aromatic rings. The second-order valence-corrected chi connectivity index (χ2v) is 26.0. The van der Waals surface area contributed by atoms with Crippen molar-refractivity contribution in [1.82, 2.24) is 0 Å². The molecule has 0 saturated heterocycles. The summed E-state index contributed by atoms with van der Waals surface area (Å²) < 4.78 is 13.1. The molecule has 0 aliphatic rings. The van der Waals surface area contributed by atoms with Crippen molar-refractivity contribution in [3.63, 3.8) is 0 Å². The fourth-order valence-corrected chi connectivity index (χ4v) is 14.5. The predicted octanol–water partition coefficient (Wildman–Crippen LogP) is 28.0. The second kappa shape index (κ2) is 29.2. The van der Waals surface area contributed by atoms with E-state index >= 15 is 0 Å². The summed E-state index contributed by atoms with van der Waals surface area (Å²) in [6.45, 7) is 0.